The molecule has 0 radical (unpaired) electrons. The molecule has 1 aromatic heterocycles. The molecule has 4 rings (SSSR count). The van der Waals surface area contributed by atoms with E-state index in [-0.39, 0.29) is 22.8 Å². The molecule has 0 saturated heterocycles. The van der Waals surface area contributed by atoms with Gasteiger partial charge in [-0.1, -0.05) is 32.9 Å². The molecule has 0 unspecified atom stereocenters. The van der Waals surface area contributed by atoms with E-state index in [1.807, 2.05) is 18.2 Å². The molecular formula is C25H25N5O2. The number of nitrogens with two attached hydrogens (primary N) is 1. The van der Waals surface area contributed by atoms with Gasteiger partial charge in [0.15, 0.2) is 0 Å². The number of anilines is 3. The average molecular weight is 428 g/mol. The monoisotopic (exact) mass is 427 g/mol. The van der Waals surface area contributed by atoms with Crippen molar-refractivity contribution in [2.45, 2.75) is 26.2 Å². The first-order valence-electron chi connectivity index (χ1n) is 10.3. The summed E-state index contributed by atoms with van der Waals surface area (Å²) in [5.41, 5.74) is 10.0. The van der Waals surface area contributed by atoms with Crippen LogP contribution in [0, 0.1) is 0 Å². The summed E-state index contributed by atoms with van der Waals surface area (Å²) in [7, 11) is 0. The fraction of sp³-hybridized carbons (Fsp3) is 0.160. The molecule has 0 aliphatic rings. The summed E-state index contributed by atoms with van der Waals surface area (Å²) in [5, 5.41) is 13.5. The Hall–Kier alpha value is -4.13. The lowest BCUT2D eigenvalue weighted by Crippen LogP contribution is -2.19. The van der Waals surface area contributed by atoms with E-state index in [0.29, 0.717) is 22.6 Å². The van der Waals surface area contributed by atoms with Gasteiger partial charge < -0.3 is 16.4 Å². The highest BCUT2D eigenvalue weighted by Crippen LogP contribution is 2.25. The number of nitrogens with zero attached hydrogens (tertiary/aromatic N) is 1. The Morgan fingerprint density at radius 2 is 1.66 bits per heavy atom. The lowest BCUT2D eigenvalue weighted by molar-refractivity contribution is 0.102. The van der Waals surface area contributed by atoms with Gasteiger partial charge in [0, 0.05) is 22.3 Å². The number of nitrogen functional groups attached to an aromatic ring is 1. The molecule has 7 nitrogen and oxygen atoms in total. The maximum absolute atomic E-state index is 13.0. The molecule has 0 saturated carbocycles. The predicted molar refractivity (Wildman–Crippen MR) is 128 cm³/mol. The number of amides is 2. The van der Waals surface area contributed by atoms with E-state index in [4.69, 9.17) is 5.73 Å². The third-order valence-electron chi connectivity index (χ3n) is 5.25. The summed E-state index contributed by atoms with van der Waals surface area (Å²) in [6, 6.07) is 17.7. The van der Waals surface area contributed by atoms with Crippen molar-refractivity contribution in [2.24, 2.45) is 0 Å². The number of aromatic amines is 1. The summed E-state index contributed by atoms with van der Waals surface area (Å²) in [6.45, 7) is 6.35. The van der Waals surface area contributed by atoms with Crippen molar-refractivity contribution in [3.05, 3.63) is 83.6 Å². The number of carbonyl (C=O) groups is 2. The number of aromatic nitrogens is 2. The van der Waals surface area contributed by atoms with Crippen molar-refractivity contribution in [3.63, 3.8) is 0 Å². The minimum absolute atomic E-state index is 0.00355. The second-order valence-corrected chi connectivity index (χ2v) is 8.71. The number of hydrogen-bond acceptors (Lipinski definition) is 4. The quantitative estimate of drug-likeness (QED) is 0.345. The van der Waals surface area contributed by atoms with Crippen LogP contribution in [0.5, 0.6) is 0 Å². The minimum atomic E-state index is -0.380. The van der Waals surface area contributed by atoms with E-state index < -0.39 is 0 Å². The van der Waals surface area contributed by atoms with Gasteiger partial charge in [-0.15, -0.1) is 0 Å². The maximum Gasteiger partial charge on any atom is 0.257 e. The summed E-state index contributed by atoms with van der Waals surface area (Å²) in [5.74, 6) is -0.683. The highest BCUT2D eigenvalue weighted by atomic mass is 16.2. The Balaban J connectivity index is 1.56. The topological polar surface area (TPSA) is 113 Å². The molecule has 0 bridgehead atoms. The van der Waals surface area contributed by atoms with Crippen molar-refractivity contribution in [1.82, 2.24) is 10.2 Å². The molecule has 2 amide bonds. The zero-order valence-electron chi connectivity index (χ0n) is 18.2. The summed E-state index contributed by atoms with van der Waals surface area (Å²) in [4.78, 5) is 25.8. The molecule has 4 aromatic rings. The van der Waals surface area contributed by atoms with Gasteiger partial charge in [-0.05, 0) is 59.5 Å². The Morgan fingerprint density at radius 3 is 2.38 bits per heavy atom. The molecule has 0 fully saturated rings. The number of nitrogens with one attached hydrogen (secondary N) is 3. The lowest BCUT2D eigenvalue weighted by atomic mass is 9.86. The van der Waals surface area contributed by atoms with Gasteiger partial charge in [0.05, 0.1) is 23.0 Å². The van der Waals surface area contributed by atoms with Crippen LogP contribution in [0.15, 0.2) is 66.9 Å². The number of H-pyrrole nitrogens is 1. The van der Waals surface area contributed by atoms with Crippen LogP contribution in [0.2, 0.25) is 0 Å². The van der Waals surface area contributed by atoms with Crippen LogP contribution in [-0.4, -0.2) is 22.0 Å². The standard InChI is InChI=1S/C25H25N5O2/c1-25(2,3)17-7-4-15(5-8-17)23(31)29-21-11-9-18(26)12-20(21)24(32)28-19-10-6-16-14-27-30-22(16)13-19/h4-14H,26H2,1-3H3,(H,27,30)(H,28,32)(H,29,31). The molecule has 0 atom stereocenters. The zero-order valence-corrected chi connectivity index (χ0v) is 18.2. The maximum atomic E-state index is 13.0. The van der Waals surface area contributed by atoms with Crippen molar-refractivity contribution in [3.8, 4) is 0 Å². The minimum Gasteiger partial charge on any atom is -0.399 e. The first kappa shape index (κ1) is 21.1. The van der Waals surface area contributed by atoms with Crippen LogP contribution in [0.25, 0.3) is 10.9 Å². The largest absolute Gasteiger partial charge is 0.399 e. The molecule has 0 aliphatic heterocycles. The number of carbonyl (C=O) groups excluding carboxylic acids is 2. The van der Waals surface area contributed by atoms with Crippen molar-refractivity contribution in [2.75, 3.05) is 16.4 Å². The fourth-order valence-electron chi connectivity index (χ4n) is 3.39. The van der Waals surface area contributed by atoms with Crippen LogP contribution in [-0.2, 0) is 5.41 Å². The summed E-state index contributed by atoms with van der Waals surface area (Å²) in [6.07, 6.45) is 1.71. The first-order chi connectivity index (χ1) is 15.2. The molecule has 7 heteroatoms. The Kier molecular flexibility index (Phi) is 5.40. The average Bonchev–Trinajstić information content (AvgIpc) is 3.22. The third-order valence-corrected chi connectivity index (χ3v) is 5.25. The Morgan fingerprint density at radius 1 is 0.906 bits per heavy atom. The van der Waals surface area contributed by atoms with Crippen molar-refractivity contribution < 1.29 is 9.59 Å². The second kappa shape index (κ2) is 8.19. The normalized spacial score (nSPS) is 11.3. The zero-order chi connectivity index (χ0) is 22.9. The SMILES string of the molecule is CC(C)(C)c1ccc(C(=O)Nc2ccc(N)cc2C(=O)Nc2ccc3cn[nH]c3c2)cc1. The number of rotatable bonds is 4. The first-order valence-corrected chi connectivity index (χ1v) is 10.3. The number of benzene rings is 3. The molecule has 162 valence electrons. The van der Waals surface area contributed by atoms with E-state index in [1.165, 1.54) is 0 Å². The van der Waals surface area contributed by atoms with Crippen LogP contribution in [0.3, 0.4) is 0 Å². The lowest BCUT2D eigenvalue weighted by Gasteiger charge is -2.19. The van der Waals surface area contributed by atoms with Gasteiger partial charge in [0.25, 0.3) is 11.8 Å². The van der Waals surface area contributed by atoms with Crippen LogP contribution < -0.4 is 16.4 Å². The van der Waals surface area contributed by atoms with E-state index in [9.17, 15) is 9.59 Å². The van der Waals surface area contributed by atoms with Crippen molar-refractivity contribution >= 4 is 39.8 Å². The number of fused-ring (bicyclic) bond motifs is 1. The van der Waals surface area contributed by atoms with Gasteiger partial charge >= 0.3 is 0 Å². The van der Waals surface area contributed by atoms with Gasteiger partial charge in [0.2, 0.25) is 0 Å². The van der Waals surface area contributed by atoms with E-state index in [2.05, 4.69) is 41.6 Å². The molecule has 0 aliphatic carbocycles. The van der Waals surface area contributed by atoms with Crippen LogP contribution in [0.1, 0.15) is 47.1 Å². The molecule has 32 heavy (non-hydrogen) atoms. The molecular weight excluding hydrogens is 402 g/mol. The van der Waals surface area contributed by atoms with Crippen LogP contribution >= 0.6 is 0 Å². The fourth-order valence-corrected chi connectivity index (χ4v) is 3.39. The van der Waals surface area contributed by atoms with E-state index in [1.54, 1.807) is 48.7 Å². The van der Waals surface area contributed by atoms with E-state index in [0.717, 1.165) is 16.5 Å². The van der Waals surface area contributed by atoms with E-state index >= 15 is 0 Å². The molecule has 0 spiro atoms. The summed E-state index contributed by atoms with van der Waals surface area (Å²) >= 11 is 0. The Bertz CT molecular complexity index is 1300. The van der Waals surface area contributed by atoms with Gasteiger partial charge in [-0.3, -0.25) is 14.7 Å². The smallest absolute Gasteiger partial charge is 0.257 e. The van der Waals surface area contributed by atoms with Crippen molar-refractivity contribution in [1.29, 1.82) is 0 Å². The van der Waals surface area contributed by atoms with Gasteiger partial charge in [-0.2, -0.15) is 5.10 Å². The highest BCUT2D eigenvalue weighted by molar-refractivity contribution is 6.13. The van der Waals surface area contributed by atoms with Gasteiger partial charge in [-0.25, -0.2) is 0 Å². The Labute approximate surface area is 186 Å². The second-order valence-electron chi connectivity index (χ2n) is 8.71. The molecule has 5 N–H and O–H groups in total. The molecule has 1 heterocycles. The summed E-state index contributed by atoms with van der Waals surface area (Å²) < 4.78 is 0. The highest BCUT2D eigenvalue weighted by Gasteiger charge is 2.17. The predicted octanol–water partition coefficient (Wildman–Crippen LogP) is 4.95. The third kappa shape index (κ3) is 4.46. The number of hydrogen-bond donors (Lipinski definition) is 4. The van der Waals surface area contributed by atoms with Gasteiger partial charge in [0.1, 0.15) is 0 Å². The van der Waals surface area contributed by atoms with Crippen LogP contribution in [0.4, 0.5) is 17.1 Å². The molecule has 3 aromatic carbocycles.